The van der Waals surface area contributed by atoms with Crippen molar-refractivity contribution in [3.05, 3.63) is 74.9 Å². The van der Waals surface area contributed by atoms with Crippen LogP contribution in [-0.4, -0.2) is 27.2 Å². The second kappa shape index (κ2) is 8.66. The van der Waals surface area contributed by atoms with Crippen LogP contribution in [0.1, 0.15) is 27.7 Å². The highest BCUT2D eigenvalue weighted by molar-refractivity contribution is 14.1. The molecule has 7 heteroatoms. The van der Waals surface area contributed by atoms with E-state index in [2.05, 4.69) is 27.9 Å². The molecule has 0 saturated carbocycles. The van der Waals surface area contributed by atoms with Gasteiger partial charge < -0.3 is 19.5 Å². The average molecular weight is 530 g/mol. The lowest BCUT2D eigenvalue weighted by Crippen LogP contribution is -2.43. The van der Waals surface area contributed by atoms with E-state index < -0.39 is 6.17 Å². The maximum atomic E-state index is 13.7. The van der Waals surface area contributed by atoms with Crippen molar-refractivity contribution in [2.45, 2.75) is 13.1 Å². The molecule has 0 aromatic heterocycles. The van der Waals surface area contributed by atoms with Gasteiger partial charge in [-0.3, -0.25) is 9.69 Å². The Morgan fingerprint density at radius 3 is 2.26 bits per heavy atom. The number of rotatable bonds is 5. The maximum absolute atomic E-state index is 13.7. The van der Waals surface area contributed by atoms with Gasteiger partial charge >= 0.3 is 0 Å². The molecule has 1 aliphatic heterocycles. The Balaban J connectivity index is 1.93. The number of ether oxygens (including phenoxy) is 3. The van der Waals surface area contributed by atoms with Gasteiger partial charge in [-0.15, -0.1) is 0 Å². The first-order valence-corrected chi connectivity index (χ1v) is 10.8. The fourth-order valence-electron chi connectivity index (χ4n) is 3.81. The Hall–Kier alpha value is -2.94. The summed E-state index contributed by atoms with van der Waals surface area (Å²) in [6, 6.07) is 17.4. The zero-order valence-corrected chi connectivity index (χ0v) is 19.9. The van der Waals surface area contributed by atoms with Crippen LogP contribution in [0.25, 0.3) is 0 Å². The number of methoxy groups -OCH3 is 3. The van der Waals surface area contributed by atoms with Crippen molar-refractivity contribution in [2.24, 2.45) is 0 Å². The summed E-state index contributed by atoms with van der Waals surface area (Å²) in [5.41, 5.74) is 4.07. The van der Waals surface area contributed by atoms with E-state index in [1.165, 1.54) is 0 Å². The molecule has 0 spiro atoms. The molecule has 0 saturated heterocycles. The molecule has 1 amide bonds. The molecule has 1 atom stereocenters. The van der Waals surface area contributed by atoms with Gasteiger partial charge in [-0.05, 0) is 72.0 Å². The Bertz CT molecular complexity index is 1130. The number of nitrogens with one attached hydrogen (secondary N) is 1. The van der Waals surface area contributed by atoms with Crippen LogP contribution in [0.15, 0.2) is 54.6 Å². The Kier molecular flexibility index (Phi) is 5.95. The molecular weight excluding hydrogens is 507 g/mol. The summed E-state index contributed by atoms with van der Waals surface area (Å²) < 4.78 is 17.7. The molecule has 3 aromatic carbocycles. The lowest BCUT2D eigenvalue weighted by Gasteiger charge is -2.39. The van der Waals surface area contributed by atoms with Crippen molar-refractivity contribution in [3.8, 4) is 17.2 Å². The minimum Gasteiger partial charge on any atom is -0.493 e. The summed E-state index contributed by atoms with van der Waals surface area (Å²) in [7, 11) is 4.73. The fraction of sp³-hybridized carbons (Fsp3) is 0.208. The highest BCUT2D eigenvalue weighted by atomic mass is 127. The molecule has 0 radical (unpaired) electrons. The Morgan fingerprint density at radius 2 is 1.61 bits per heavy atom. The van der Waals surface area contributed by atoms with Crippen molar-refractivity contribution in [3.63, 3.8) is 0 Å². The summed E-state index contributed by atoms with van der Waals surface area (Å²) in [5, 5.41) is 3.52. The van der Waals surface area contributed by atoms with E-state index in [0.717, 1.165) is 26.1 Å². The van der Waals surface area contributed by atoms with E-state index in [4.69, 9.17) is 14.2 Å². The van der Waals surface area contributed by atoms with Crippen LogP contribution in [0.2, 0.25) is 0 Å². The third-order valence-corrected chi connectivity index (χ3v) is 5.99. The normalized spacial score (nSPS) is 15.2. The van der Waals surface area contributed by atoms with E-state index in [-0.39, 0.29) is 5.91 Å². The zero-order valence-electron chi connectivity index (χ0n) is 17.7. The van der Waals surface area contributed by atoms with Gasteiger partial charge in [0.15, 0.2) is 11.5 Å². The second-order valence-corrected chi connectivity index (χ2v) is 8.42. The van der Waals surface area contributed by atoms with Crippen LogP contribution in [0.3, 0.4) is 0 Å². The highest BCUT2D eigenvalue weighted by Gasteiger charge is 2.37. The molecule has 1 N–H and O–H groups in total. The molecule has 0 fully saturated rings. The predicted octanol–water partition coefficient (Wildman–Crippen LogP) is 5.40. The average Bonchev–Trinajstić information content (AvgIpc) is 2.79. The number of halogens is 1. The van der Waals surface area contributed by atoms with Gasteiger partial charge in [-0.1, -0.05) is 17.7 Å². The van der Waals surface area contributed by atoms with E-state index in [1.807, 2.05) is 61.5 Å². The summed E-state index contributed by atoms with van der Waals surface area (Å²) in [5.74, 6) is 1.47. The van der Waals surface area contributed by atoms with E-state index in [9.17, 15) is 4.79 Å². The van der Waals surface area contributed by atoms with Gasteiger partial charge in [-0.25, -0.2) is 0 Å². The molecule has 6 nitrogen and oxygen atoms in total. The van der Waals surface area contributed by atoms with Crippen molar-refractivity contribution in [1.82, 2.24) is 0 Å². The number of carbonyl (C=O) groups is 1. The van der Waals surface area contributed by atoms with E-state index in [1.54, 1.807) is 26.2 Å². The van der Waals surface area contributed by atoms with Gasteiger partial charge in [-0.2, -0.15) is 0 Å². The number of benzene rings is 3. The van der Waals surface area contributed by atoms with Crippen LogP contribution < -0.4 is 24.4 Å². The van der Waals surface area contributed by atoms with Crippen molar-refractivity contribution in [2.75, 3.05) is 31.5 Å². The molecule has 1 aliphatic rings. The maximum Gasteiger partial charge on any atom is 0.262 e. The number of hydrogen-bond acceptors (Lipinski definition) is 5. The fourth-order valence-corrected chi connectivity index (χ4v) is 4.30. The van der Waals surface area contributed by atoms with Gasteiger partial charge in [0, 0.05) is 20.5 Å². The molecule has 160 valence electrons. The zero-order chi connectivity index (χ0) is 22.1. The number of fused-ring (bicyclic) bond motifs is 1. The standard InChI is InChI=1S/C24H23IN2O4/c1-14-5-8-16(9-6-14)27-23(26-19-11-7-15(25)13-18(19)24(27)28)17-10-12-20(29-2)22(31-4)21(17)30-3/h5-13,23,26H,1-4H3. The van der Waals surface area contributed by atoms with Crippen molar-refractivity contribution < 1.29 is 19.0 Å². The van der Waals surface area contributed by atoms with Gasteiger partial charge in [0.05, 0.1) is 26.9 Å². The molecule has 0 bridgehead atoms. The number of anilines is 2. The summed E-state index contributed by atoms with van der Waals surface area (Å²) in [4.78, 5) is 15.5. The Morgan fingerprint density at radius 1 is 0.903 bits per heavy atom. The quantitative estimate of drug-likeness (QED) is 0.448. The van der Waals surface area contributed by atoms with E-state index in [0.29, 0.717) is 22.8 Å². The number of carbonyl (C=O) groups excluding carboxylic acids is 1. The lowest BCUT2D eigenvalue weighted by molar-refractivity contribution is 0.0974. The van der Waals surface area contributed by atoms with Crippen molar-refractivity contribution >= 4 is 39.9 Å². The SMILES string of the molecule is COc1ccc(C2Nc3ccc(I)cc3C(=O)N2c2ccc(C)cc2)c(OC)c1OC. The van der Waals surface area contributed by atoms with Crippen LogP contribution in [0.5, 0.6) is 17.2 Å². The second-order valence-electron chi connectivity index (χ2n) is 7.17. The molecule has 3 aromatic rings. The topological polar surface area (TPSA) is 60.0 Å². The molecule has 1 unspecified atom stereocenters. The first-order valence-electron chi connectivity index (χ1n) is 9.73. The molecule has 1 heterocycles. The predicted molar refractivity (Wildman–Crippen MR) is 130 cm³/mol. The number of hydrogen-bond donors (Lipinski definition) is 1. The van der Waals surface area contributed by atoms with Crippen LogP contribution in [0, 0.1) is 10.5 Å². The summed E-state index contributed by atoms with van der Waals surface area (Å²) >= 11 is 2.22. The van der Waals surface area contributed by atoms with Crippen molar-refractivity contribution in [1.29, 1.82) is 0 Å². The van der Waals surface area contributed by atoms with E-state index >= 15 is 0 Å². The number of amides is 1. The molecule has 0 aliphatic carbocycles. The monoisotopic (exact) mass is 530 g/mol. The molecule has 4 rings (SSSR count). The molecule has 31 heavy (non-hydrogen) atoms. The summed E-state index contributed by atoms with van der Waals surface area (Å²) in [6.07, 6.45) is -0.502. The first kappa shape index (κ1) is 21.3. The smallest absolute Gasteiger partial charge is 0.262 e. The first-order chi connectivity index (χ1) is 15.0. The van der Waals surface area contributed by atoms with Crippen LogP contribution in [-0.2, 0) is 0 Å². The Labute approximate surface area is 195 Å². The minimum atomic E-state index is -0.502. The van der Waals surface area contributed by atoms with Crippen LogP contribution >= 0.6 is 22.6 Å². The minimum absolute atomic E-state index is 0.0852. The largest absolute Gasteiger partial charge is 0.493 e. The van der Waals surface area contributed by atoms with Gasteiger partial charge in [0.1, 0.15) is 6.17 Å². The number of aryl methyl sites for hydroxylation is 1. The third-order valence-electron chi connectivity index (χ3n) is 5.32. The molecular formula is C24H23IN2O4. The number of nitrogens with zero attached hydrogens (tertiary/aromatic N) is 1. The third kappa shape index (κ3) is 3.78. The lowest BCUT2D eigenvalue weighted by atomic mass is 10.0. The van der Waals surface area contributed by atoms with Gasteiger partial charge in [0.2, 0.25) is 5.75 Å². The van der Waals surface area contributed by atoms with Crippen LogP contribution in [0.4, 0.5) is 11.4 Å². The van der Waals surface area contributed by atoms with Gasteiger partial charge in [0.25, 0.3) is 5.91 Å². The highest BCUT2D eigenvalue weighted by Crippen LogP contribution is 2.46. The summed E-state index contributed by atoms with van der Waals surface area (Å²) in [6.45, 7) is 2.02.